The Labute approximate surface area is 171 Å². The number of benzene rings is 1. The number of thiophene rings is 1. The Morgan fingerprint density at radius 2 is 1.96 bits per heavy atom. The summed E-state index contributed by atoms with van der Waals surface area (Å²) >= 11 is 2.80. The van der Waals surface area contributed by atoms with Crippen molar-refractivity contribution in [3.05, 3.63) is 46.8 Å². The Morgan fingerprint density at radius 3 is 2.64 bits per heavy atom. The van der Waals surface area contributed by atoms with E-state index >= 15 is 0 Å². The zero-order chi connectivity index (χ0) is 20.1. The van der Waals surface area contributed by atoms with Crippen LogP contribution in [0, 0.1) is 13.8 Å². The van der Waals surface area contributed by atoms with Crippen LogP contribution in [0.4, 0.5) is 5.69 Å². The van der Waals surface area contributed by atoms with Crippen LogP contribution in [0.5, 0.6) is 0 Å². The second kappa shape index (κ2) is 9.03. The molecule has 0 aliphatic carbocycles. The van der Waals surface area contributed by atoms with Gasteiger partial charge in [0.25, 0.3) is 0 Å². The third kappa shape index (κ3) is 4.99. The van der Waals surface area contributed by atoms with Gasteiger partial charge in [0.05, 0.1) is 16.7 Å². The summed E-state index contributed by atoms with van der Waals surface area (Å²) in [6.45, 7) is 5.53. The predicted molar refractivity (Wildman–Crippen MR) is 113 cm³/mol. The average molecular weight is 416 g/mol. The molecule has 1 aromatic carbocycles. The first-order valence-corrected chi connectivity index (χ1v) is 10.5. The Hall–Kier alpha value is -2.65. The summed E-state index contributed by atoms with van der Waals surface area (Å²) in [4.78, 5) is 29.9. The van der Waals surface area contributed by atoms with Crippen LogP contribution in [0.15, 0.2) is 40.9 Å². The van der Waals surface area contributed by atoms with E-state index in [2.05, 4.69) is 25.8 Å². The average Bonchev–Trinajstić information content (AvgIpc) is 3.34. The molecule has 3 aromatic rings. The molecular weight excluding hydrogens is 394 g/mol. The van der Waals surface area contributed by atoms with Crippen molar-refractivity contribution in [2.75, 3.05) is 11.9 Å². The second-order valence-corrected chi connectivity index (χ2v) is 8.49. The predicted octanol–water partition coefficient (Wildman–Crippen LogP) is 3.39. The van der Waals surface area contributed by atoms with E-state index in [-0.39, 0.29) is 18.4 Å². The van der Waals surface area contributed by atoms with Gasteiger partial charge in [0, 0.05) is 5.69 Å². The number of H-pyrrole nitrogens is 1. The molecule has 3 N–H and O–H groups in total. The van der Waals surface area contributed by atoms with Gasteiger partial charge in [0.1, 0.15) is 0 Å². The Balaban J connectivity index is 1.50. The highest BCUT2D eigenvalue weighted by Gasteiger charge is 2.18. The van der Waals surface area contributed by atoms with E-state index in [0.29, 0.717) is 11.0 Å². The highest BCUT2D eigenvalue weighted by Crippen LogP contribution is 2.25. The molecule has 2 heterocycles. The Morgan fingerprint density at radius 1 is 1.21 bits per heavy atom. The quantitative estimate of drug-likeness (QED) is 0.514. The minimum Gasteiger partial charge on any atom is -0.346 e. The number of nitrogens with zero attached hydrogens (tertiary/aromatic N) is 2. The molecule has 2 aromatic heterocycles. The van der Waals surface area contributed by atoms with Crippen LogP contribution >= 0.6 is 23.1 Å². The number of aromatic amines is 1. The van der Waals surface area contributed by atoms with Gasteiger partial charge in [0.2, 0.25) is 17.0 Å². The molecule has 2 amide bonds. The van der Waals surface area contributed by atoms with Crippen LogP contribution in [0.1, 0.15) is 18.1 Å². The largest absolute Gasteiger partial charge is 0.346 e. The summed E-state index contributed by atoms with van der Waals surface area (Å²) in [6, 6.07) is 9.69. The van der Waals surface area contributed by atoms with E-state index in [1.165, 1.54) is 11.8 Å². The Kier molecular flexibility index (Phi) is 6.48. The highest BCUT2D eigenvalue weighted by atomic mass is 32.2. The van der Waals surface area contributed by atoms with Crippen molar-refractivity contribution in [1.82, 2.24) is 20.5 Å². The van der Waals surface area contributed by atoms with Crippen molar-refractivity contribution < 1.29 is 9.59 Å². The van der Waals surface area contributed by atoms with Crippen LogP contribution in [0.2, 0.25) is 0 Å². The van der Waals surface area contributed by atoms with Crippen molar-refractivity contribution in [2.45, 2.75) is 31.2 Å². The molecule has 0 aliphatic rings. The Bertz CT molecular complexity index is 948. The lowest BCUT2D eigenvalue weighted by atomic mass is 10.1. The van der Waals surface area contributed by atoms with E-state index < -0.39 is 5.25 Å². The molecule has 0 aliphatic heterocycles. The van der Waals surface area contributed by atoms with Crippen molar-refractivity contribution >= 4 is 40.6 Å². The first-order chi connectivity index (χ1) is 13.4. The van der Waals surface area contributed by atoms with Crippen molar-refractivity contribution in [1.29, 1.82) is 0 Å². The van der Waals surface area contributed by atoms with Crippen LogP contribution in [0.3, 0.4) is 0 Å². The highest BCUT2D eigenvalue weighted by molar-refractivity contribution is 8.00. The normalized spacial score (nSPS) is 11.8. The van der Waals surface area contributed by atoms with Gasteiger partial charge in [-0.3, -0.25) is 14.7 Å². The minimum atomic E-state index is -0.431. The summed E-state index contributed by atoms with van der Waals surface area (Å²) in [5, 5.41) is 14.5. The fourth-order valence-corrected chi connectivity index (χ4v) is 3.95. The maximum absolute atomic E-state index is 12.3. The van der Waals surface area contributed by atoms with E-state index in [4.69, 9.17) is 0 Å². The number of para-hydroxylation sites is 1. The van der Waals surface area contributed by atoms with Gasteiger partial charge in [-0.05, 0) is 43.3 Å². The molecule has 0 spiro atoms. The molecule has 0 saturated heterocycles. The van der Waals surface area contributed by atoms with Gasteiger partial charge in [0.15, 0.2) is 5.82 Å². The third-order valence-corrected chi connectivity index (χ3v) is 5.88. The maximum atomic E-state index is 12.3. The van der Waals surface area contributed by atoms with E-state index in [0.717, 1.165) is 21.7 Å². The SMILES string of the molecule is Cc1cccc(C)c1NC(=O)CNC(=O)[C@H](C)Sc1n[nH]c(-c2cccs2)n1. The van der Waals surface area contributed by atoms with E-state index in [1.807, 2.05) is 49.6 Å². The fraction of sp³-hybridized carbons (Fsp3) is 0.263. The standard InChI is InChI=1S/C19H21N5O2S2/c1-11-6-4-7-12(2)16(11)21-15(25)10-20-18(26)13(3)28-19-22-17(23-24-19)14-8-5-9-27-14/h4-9,13H,10H2,1-3H3,(H,20,26)(H,21,25)(H,22,23,24)/t13-/m0/s1. The number of carbonyl (C=O) groups is 2. The van der Waals surface area contributed by atoms with Gasteiger partial charge >= 0.3 is 0 Å². The van der Waals surface area contributed by atoms with Crippen LogP contribution in [-0.4, -0.2) is 38.8 Å². The summed E-state index contributed by atoms with van der Waals surface area (Å²) in [6.07, 6.45) is 0. The second-order valence-electron chi connectivity index (χ2n) is 6.24. The number of hydrogen-bond acceptors (Lipinski definition) is 6. The third-order valence-electron chi connectivity index (χ3n) is 4.04. The van der Waals surface area contributed by atoms with Crippen LogP contribution in [-0.2, 0) is 9.59 Å². The number of thioether (sulfide) groups is 1. The fourth-order valence-electron chi connectivity index (χ4n) is 2.54. The van der Waals surface area contributed by atoms with Crippen molar-refractivity contribution in [3.8, 4) is 10.7 Å². The lowest BCUT2D eigenvalue weighted by molar-refractivity contribution is -0.123. The maximum Gasteiger partial charge on any atom is 0.243 e. The lowest BCUT2D eigenvalue weighted by Crippen LogP contribution is -2.37. The zero-order valence-corrected chi connectivity index (χ0v) is 17.4. The topological polar surface area (TPSA) is 99.8 Å². The molecule has 7 nitrogen and oxygen atoms in total. The molecule has 146 valence electrons. The summed E-state index contributed by atoms with van der Waals surface area (Å²) in [7, 11) is 0. The number of aryl methyl sites for hydroxylation is 2. The molecule has 0 radical (unpaired) electrons. The number of aromatic nitrogens is 3. The number of hydrogen-bond donors (Lipinski definition) is 3. The first-order valence-electron chi connectivity index (χ1n) is 8.70. The minimum absolute atomic E-state index is 0.0913. The van der Waals surface area contributed by atoms with Crippen LogP contribution in [0.25, 0.3) is 10.7 Å². The summed E-state index contributed by atoms with van der Waals surface area (Å²) in [5.74, 6) is 0.169. The number of anilines is 1. The van der Waals surface area contributed by atoms with Gasteiger partial charge in [-0.2, -0.15) is 0 Å². The molecule has 0 saturated carbocycles. The first kappa shape index (κ1) is 20.1. The monoisotopic (exact) mass is 415 g/mol. The molecule has 28 heavy (non-hydrogen) atoms. The molecule has 3 rings (SSSR count). The van der Waals surface area contributed by atoms with Gasteiger partial charge in [-0.25, -0.2) is 4.98 Å². The summed E-state index contributed by atoms with van der Waals surface area (Å²) in [5.41, 5.74) is 2.75. The van der Waals surface area contributed by atoms with Gasteiger partial charge in [-0.1, -0.05) is 36.0 Å². The number of nitrogens with one attached hydrogen (secondary N) is 3. The van der Waals surface area contributed by atoms with Crippen LogP contribution < -0.4 is 10.6 Å². The zero-order valence-electron chi connectivity index (χ0n) is 15.8. The number of carbonyl (C=O) groups excluding carboxylic acids is 2. The smallest absolute Gasteiger partial charge is 0.243 e. The van der Waals surface area contributed by atoms with Crippen molar-refractivity contribution in [2.24, 2.45) is 0 Å². The number of rotatable bonds is 7. The number of amides is 2. The molecular formula is C19H21N5O2S2. The van der Waals surface area contributed by atoms with Gasteiger partial charge < -0.3 is 10.6 Å². The molecule has 9 heteroatoms. The van der Waals surface area contributed by atoms with Crippen molar-refractivity contribution in [3.63, 3.8) is 0 Å². The van der Waals surface area contributed by atoms with Gasteiger partial charge in [-0.15, -0.1) is 16.4 Å². The summed E-state index contributed by atoms with van der Waals surface area (Å²) < 4.78 is 0. The molecule has 1 atom stereocenters. The lowest BCUT2D eigenvalue weighted by Gasteiger charge is -2.13. The van der Waals surface area contributed by atoms with E-state index in [1.54, 1.807) is 18.3 Å². The van der Waals surface area contributed by atoms with E-state index in [9.17, 15) is 9.59 Å². The molecule has 0 unspecified atom stereocenters. The molecule has 0 fully saturated rings. The molecule has 0 bridgehead atoms.